The highest BCUT2D eigenvalue weighted by Gasteiger charge is 2.27. The molecule has 1 saturated heterocycles. The third-order valence-electron chi connectivity index (χ3n) is 7.75. The van der Waals surface area contributed by atoms with Crippen LogP contribution in [0.2, 0.25) is 0 Å². The Labute approximate surface area is 254 Å². The minimum absolute atomic E-state index is 0. The summed E-state index contributed by atoms with van der Waals surface area (Å²) in [7, 11) is 7.57. The molecule has 0 radical (unpaired) electrons. The van der Waals surface area contributed by atoms with Crippen molar-refractivity contribution in [1.82, 2.24) is 23.7 Å². The molecule has 42 heavy (non-hydrogen) atoms. The first-order chi connectivity index (χ1) is 19.5. The number of imidazole rings is 2. The number of aromatic nitrogens is 5. The van der Waals surface area contributed by atoms with Crippen molar-refractivity contribution in [2.45, 2.75) is 32.4 Å². The molecule has 0 bridgehead atoms. The molecular formula is C28H37BrN8O5. The van der Waals surface area contributed by atoms with Gasteiger partial charge < -0.3 is 50.9 Å². The molecular weight excluding hydrogens is 608 g/mol. The number of nitrogens with zero attached hydrogens (tertiary/aromatic N) is 7. The number of hydrogen-bond acceptors (Lipinski definition) is 8. The van der Waals surface area contributed by atoms with Gasteiger partial charge in [-0.2, -0.15) is 0 Å². The van der Waals surface area contributed by atoms with Crippen LogP contribution in [-0.2, 0) is 25.4 Å². The number of benzene rings is 1. The maximum absolute atomic E-state index is 13.0. The number of nitrogens with one attached hydrogen (secondary N) is 1. The highest BCUT2D eigenvalue weighted by Crippen LogP contribution is 2.28. The predicted molar refractivity (Wildman–Crippen MR) is 155 cm³/mol. The van der Waals surface area contributed by atoms with E-state index in [9.17, 15) is 14.9 Å². The molecule has 4 aromatic rings. The second-order valence-electron chi connectivity index (χ2n) is 11.3. The van der Waals surface area contributed by atoms with Crippen molar-refractivity contribution in [1.29, 1.82) is 0 Å². The molecule has 13 nitrogen and oxygen atoms in total. The monoisotopic (exact) mass is 644 g/mol. The summed E-state index contributed by atoms with van der Waals surface area (Å²) in [5, 5.41) is 14.7. The minimum atomic E-state index is -0.442. The van der Waals surface area contributed by atoms with E-state index in [1.54, 1.807) is 29.4 Å². The fraction of sp³-hybridized carbons (Fsp3) is 0.464. The number of aryl methyl sites for hydroxylation is 3. The highest BCUT2D eigenvalue weighted by molar-refractivity contribution is 5.79. The first-order valence-corrected chi connectivity index (χ1v) is 13.7. The van der Waals surface area contributed by atoms with Crippen LogP contribution in [-0.4, -0.2) is 73.5 Å². The molecule has 0 amide bonds. The lowest BCUT2D eigenvalue weighted by atomic mass is 10.1. The Hall–Kier alpha value is -3.75. The van der Waals surface area contributed by atoms with Crippen LogP contribution < -0.4 is 32.7 Å². The summed E-state index contributed by atoms with van der Waals surface area (Å²) in [6.45, 7) is 4.86. The van der Waals surface area contributed by atoms with E-state index in [2.05, 4.69) is 15.3 Å². The average molecular weight is 646 g/mol. The first kappa shape index (κ1) is 31.2. The number of ether oxygens (including phenoxy) is 2. The van der Waals surface area contributed by atoms with Gasteiger partial charge in [-0.25, -0.2) is 9.78 Å². The van der Waals surface area contributed by atoms with Crippen molar-refractivity contribution >= 4 is 28.4 Å². The lowest BCUT2D eigenvalue weighted by molar-refractivity contribution is -0.904. The third-order valence-corrected chi connectivity index (χ3v) is 7.75. The maximum Gasteiger partial charge on any atom is 0.390 e. The number of nitro groups is 1. The van der Waals surface area contributed by atoms with Gasteiger partial charge in [0.05, 0.1) is 31.3 Å². The molecule has 0 spiro atoms. The zero-order chi connectivity index (χ0) is 29.3. The topological polar surface area (TPSA) is 131 Å². The molecule has 3 aromatic heterocycles. The zero-order valence-corrected chi connectivity index (χ0v) is 26.1. The Morgan fingerprint density at radius 2 is 1.90 bits per heavy atom. The summed E-state index contributed by atoms with van der Waals surface area (Å²) in [6.07, 6.45) is 4.83. The smallest absolute Gasteiger partial charge is 0.390 e. The Morgan fingerprint density at radius 3 is 2.60 bits per heavy atom. The van der Waals surface area contributed by atoms with E-state index in [1.807, 2.05) is 49.9 Å². The van der Waals surface area contributed by atoms with E-state index in [4.69, 9.17) is 9.47 Å². The fourth-order valence-corrected chi connectivity index (χ4v) is 5.30. The zero-order valence-electron chi connectivity index (χ0n) is 24.5. The van der Waals surface area contributed by atoms with Gasteiger partial charge in [-0.05, 0) is 53.4 Å². The number of quaternary nitrogens is 1. The highest BCUT2D eigenvalue weighted by atomic mass is 79.9. The lowest BCUT2D eigenvalue weighted by Gasteiger charge is -2.29. The number of fused-ring (bicyclic) bond motifs is 1. The number of pyridine rings is 1. The van der Waals surface area contributed by atoms with Crippen molar-refractivity contribution in [2.75, 3.05) is 45.8 Å². The summed E-state index contributed by atoms with van der Waals surface area (Å²) in [5.74, 6) is 1.29. The van der Waals surface area contributed by atoms with Crippen LogP contribution in [0.1, 0.15) is 30.1 Å². The molecule has 226 valence electrons. The second kappa shape index (κ2) is 12.6. The van der Waals surface area contributed by atoms with Gasteiger partial charge in [0.1, 0.15) is 31.3 Å². The number of likely N-dealkylation sites (N-methyl/N-ethyl adjacent to an activating group) is 1. The molecule has 1 N–H and O–H groups in total. The van der Waals surface area contributed by atoms with E-state index in [0.29, 0.717) is 48.9 Å². The van der Waals surface area contributed by atoms with E-state index in [0.717, 1.165) is 40.9 Å². The Kier molecular flexibility index (Phi) is 9.38. The van der Waals surface area contributed by atoms with Crippen molar-refractivity contribution in [2.24, 2.45) is 14.1 Å². The Bertz CT molecular complexity index is 1640. The lowest BCUT2D eigenvalue weighted by Crippen LogP contribution is -3.00. The molecule has 1 aromatic carbocycles. The van der Waals surface area contributed by atoms with Gasteiger partial charge in [0.25, 0.3) is 0 Å². The Morgan fingerprint density at radius 1 is 1.17 bits per heavy atom. The molecule has 1 aliphatic rings. The summed E-state index contributed by atoms with van der Waals surface area (Å²) in [5.41, 5.74) is 4.07. The first-order valence-electron chi connectivity index (χ1n) is 13.7. The number of rotatable bonds is 10. The van der Waals surface area contributed by atoms with Gasteiger partial charge in [0.2, 0.25) is 6.33 Å². The standard InChI is InChI=1S/C28H37N8O5.BrH/c1-19-14-21(41-13-10-36(4,5)17-25-27(35(38)39)30-18-32(25)2)6-7-22(19)31-26-15-23-24(16-29-26)33(3)28(37)34(23)20-8-11-40-12-9-20;/h6-7,14-16,18,20H,8-13,17H2,1-5H3,(H,29,31);1H/q+1;/p-1. The second-order valence-corrected chi connectivity index (χ2v) is 11.3. The van der Waals surface area contributed by atoms with E-state index >= 15 is 0 Å². The summed E-state index contributed by atoms with van der Waals surface area (Å²) >= 11 is 0. The SMILES string of the molecule is Cc1cc(OCC[N+](C)(C)Cc2c([N+](=O)[O-])ncn2C)ccc1Nc1cc2c(cn1)n(C)c(=O)n2C1CCOCC1.[Br-]. The molecule has 1 fully saturated rings. The van der Waals surface area contributed by atoms with Gasteiger partial charge in [-0.3, -0.25) is 9.13 Å². The van der Waals surface area contributed by atoms with Gasteiger partial charge in [0, 0.05) is 45.1 Å². The number of halogens is 1. The van der Waals surface area contributed by atoms with Gasteiger partial charge >= 0.3 is 11.5 Å². The summed E-state index contributed by atoms with van der Waals surface area (Å²) < 4.78 is 17.3. The summed E-state index contributed by atoms with van der Waals surface area (Å²) in [6, 6.07) is 7.86. The minimum Gasteiger partial charge on any atom is -1.00 e. The molecule has 0 atom stereocenters. The fourth-order valence-electron chi connectivity index (χ4n) is 5.30. The van der Waals surface area contributed by atoms with Gasteiger partial charge in [0.15, 0.2) is 5.69 Å². The third kappa shape index (κ3) is 6.50. The Balaban J connectivity index is 0.00000405. The van der Waals surface area contributed by atoms with E-state index < -0.39 is 4.92 Å². The molecule has 0 unspecified atom stereocenters. The molecule has 1 aliphatic heterocycles. The van der Waals surface area contributed by atoms with Crippen LogP contribution >= 0.6 is 0 Å². The van der Waals surface area contributed by atoms with Crippen LogP contribution in [0.3, 0.4) is 0 Å². The molecule has 0 aliphatic carbocycles. The quantitative estimate of drug-likeness (QED) is 0.149. The van der Waals surface area contributed by atoms with E-state index in [1.165, 1.54) is 6.33 Å². The molecule has 5 rings (SSSR count). The van der Waals surface area contributed by atoms with Gasteiger partial charge in [-0.15, -0.1) is 0 Å². The largest absolute Gasteiger partial charge is 1.00 e. The normalized spacial score (nSPS) is 14.1. The number of hydrogen-bond donors (Lipinski definition) is 1. The molecule has 4 heterocycles. The van der Waals surface area contributed by atoms with E-state index in [-0.39, 0.29) is 34.5 Å². The number of anilines is 2. The van der Waals surface area contributed by atoms with Crippen LogP contribution in [0.15, 0.2) is 41.6 Å². The predicted octanol–water partition coefficient (Wildman–Crippen LogP) is 0.440. The average Bonchev–Trinajstić information content (AvgIpc) is 3.41. The van der Waals surface area contributed by atoms with Crippen LogP contribution in [0, 0.1) is 17.0 Å². The van der Waals surface area contributed by atoms with Crippen LogP contribution in [0.4, 0.5) is 17.3 Å². The van der Waals surface area contributed by atoms with Gasteiger partial charge in [-0.1, -0.05) is 0 Å². The van der Waals surface area contributed by atoms with Crippen molar-refractivity contribution < 1.29 is 35.9 Å². The maximum atomic E-state index is 13.0. The van der Waals surface area contributed by atoms with Crippen molar-refractivity contribution in [3.8, 4) is 5.75 Å². The molecule has 0 saturated carbocycles. The van der Waals surface area contributed by atoms with Crippen LogP contribution in [0.25, 0.3) is 11.0 Å². The summed E-state index contributed by atoms with van der Waals surface area (Å²) in [4.78, 5) is 32.4. The van der Waals surface area contributed by atoms with Crippen LogP contribution in [0.5, 0.6) is 5.75 Å². The van der Waals surface area contributed by atoms with Crippen molar-refractivity contribution in [3.05, 3.63) is 68.6 Å². The molecule has 14 heteroatoms. The van der Waals surface area contributed by atoms with Crippen molar-refractivity contribution in [3.63, 3.8) is 0 Å².